The van der Waals surface area contributed by atoms with Crippen LogP contribution < -0.4 is 9.30 Å². The minimum Gasteiger partial charge on any atom is -0.458 e. The van der Waals surface area contributed by atoms with Gasteiger partial charge < -0.3 is 9.15 Å². The molecule has 2 aromatic carbocycles. The molecule has 1 aliphatic heterocycles. The van der Waals surface area contributed by atoms with Crippen molar-refractivity contribution in [2.75, 3.05) is 0 Å². The lowest BCUT2D eigenvalue weighted by Crippen LogP contribution is -2.32. The number of furan rings is 1. The first-order valence-corrected chi connectivity index (χ1v) is 10.3. The molecule has 4 aromatic rings. The van der Waals surface area contributed by atoms with Gasteiger partial charge >= 0.3 is 0 Å². The van der Waals surface area contributed by atoms with E-state index in [2.05, 4.69) is 55.1 Å². The molecule has 1 fully saturated rings. The number of nitrogens with zero attached hydrogens (tertiary/aromatic N) is 1. The summed E-state index contributed by atoms with van der Waals surface area (Å²) in [6, 6.07) is 10.7. The molecule has 2 aromatic heterocycles. The third kappa shape index (κ3) is 2.19. The predicted octanol–water partition coefficient (Wildman–Crippen LogP) is 6.22. The number of ether oxygens (including phenoxy) is 1. The lowest BCUT2D eigenvalue weighted by atomic mass is 9.91. The lowest BCUT2D eigenvalue weighted by Gasteiger charge is -2.21. The van der Waals surface area contributed by atoms with Gasteiger partial charge in [-0.05, 0) is 36.3 Å². The fourth-order valence-corrected chi connectivity index (χ4v) is 5.30. The zero-order valence-corrected chi connectivity index (χ0v) is 16.4. The summed E-state index contributed by atoms with van der Waals surface area (Å²) in [5.74, 6) is 2.67. The van der Waals surface area contributed by atoms with Gasteiger partial charge in [-0.1, -0.05) is 49.9 Å². The minimum absolute atomic E-state index is 0.770. The Hall–Kier alpha value is -2.81. The van der Waals surface area contributed by atoms with Crippen LogP contribution in [-0.4, -0.2) is 0 Å². The highest BCUT2D eigenvalue weighted by molar-refractivity contribution is 6.06. The van der Waals surface area contributed by atoms with E-state index in [4.69, 9.17) is 9.15 Å². The highest BCUT2D eigenvalue weighted by Gasteiger charge is 2.33. The molecule has 0 atom stereocenters. The molecule has 3 heteroatoms. The van der Waals surface area contributed by atoms with E-state index >= 15 is 0 Å². The molecule has 0 N–H and O–H groups in total. The average molecular weight is 370 g/mol. The minimum atomic E-state index is 0.770. The smallest absolute Gasteiger partial charge is 0.257 e. The van der Waals surface area contributed by atoms with E-state index in [0.29, 0.717) is 0 Å². The molecule has 0 spiro atoms. The molecule has 0 bridgehead atoms. The third-order valence-electron chi connectivity index (χ3n) is 6.65. The topological polar surface area (TPSA) is 26.2 Å². The number of aryl methyl sites for hydroxylation is 2. The summed E-state index contributed by atoms with van der Waals surface area (Å²) in [5, 5.41) is 3.60. The number of benzene rings is 2. The molecule has 1 saturated carbocycles. The molecule has 0 saturated heterocycles. The van der Waals surface area contributed by atoms with Crippen molar-refractivity contribution in [2.45, 2.75) is 39.0 Å². The summed E-state index contributed by atoms with van der Waals surface area (Å²) < 4.78 is 14.7. The Bertz CT molecular complexity index is 1240. The number of pyridine rings is 1. The van der Waals surface area contributed by atoms with Crippen molar-refractivity contribution >= 4 is 21.7 Å². The predicted molar refractivity (Wildman–Crippen MR) is 111 cm³/mol. The standard InChI is InChI=1S/C25H24NO2/c1-15-10-11-17-8-5-9-19-22(17)21(15)24-25(28-19)23-18(12-16-6-3-4-7-16)14-27-20(23)13-26(24)2/h5,8-11,13-14,16H,3-4,6-7,12H2,1-2H3/q+1. The molecule has 0 amide bonds. The molecule has 3 nitrogen and oxygen atoms in total. The zero-order chi connectivity index (χ0) is 18.8. The van der Waals surface area contributed by atoms with Gasteiger partial charge in [-0.3, -0.25) is 0 Å². The maximum atomic E-state index is 6.58. The molecule has 3 heterocycles. The van der Waals surface area contributed by atoms with Crippen LogP contribution in [0, 0.1) is 12.8 Å². The van der Waals surface area contributed by atoms with Crippen molar-refractivity contribution in [3.63, 3.8) is 0 Å². The Kier molecular flexibility index (Phi) is 3.37. The van der Waals surface area contributed by atoms with Crippen LogP contribution in [0.1, 0.15) is 36.8 Å². The third-order valence-corrected chi connectivity index (χ3v) is 6.65. The Morgan fingerprint density at radius 2 is 1.93 bits per heavy atom. The largest absolute Gasteiger partial charge is 0.458 e. The normalized spacial score (nSPS) is 15.9. The maximum Gasteiger partial charge on any atom is 0.257 e. The van der Waals surface area contributed by atoms with Crippen LogP contribution in [0.3, 0.4) is 0 Å². The van der Waals surface area contributed by atoms with Crippen LogP contribution in [0.25, 0.3) is 33.0 Å². The molecule has 2 aliphatic rings. The number of hydrogen-bond acceptors (Lipinski definition) is 2. The van der Waals surface area contributed by atoms with E-state index in [1.54, 1.807) is 0 Å². The second-order valence-corrected chi connectivity index (χ2v) is 8.49. The second-order valence-electron chi connectivity index (χ2n) is 8.49. The van der Waals surface area contributed by atoms with Crippen LogP contribution in [0.4, 0.5) is 0 Å². The summed E-state index contributed by atoms with van der Waals surface area (Å²) in [7, 11) is 2.09. The van der Waals surface area contributed by atoms with E-state index in [0.717, 1.165) is 40.5 Å². The van der Waals surface area contributed by atoms with Crippen LogP contribution in [0.15, 0.2) is 47.2 Å². The van der Waals surface area contributed by atoms with Gasteiger partial charge in [0.05, 0.1) is 17.2 Å². The van der Waals surface area contributed by atoms with Gasteiger partial charge in [0.25, 0.3) is 5.69 Å². The van der Waals surface area contributed by atoms with Crippen LogP contribution in [0.2, 0.25) is 0 Å². The average Bonchev–Trinajstić information content (AvgIpc) is 3.34. The Morgan fingerprint density at radius 1 is 1.07 bits per heavy atom. The van der Waals surface area contributed by atoms with E-state index < -0.39 is 0 Å². The molecule has 0 unspecified atom stereocenters. The number of rotatable bonds is 2. The zero-order valence-electron chi connectivity index (χ0n) is 16.4. The maximum absolute atomic E-state index is 6.58. The Morgan fingerprint density at radius 3 is 2.79 bits per heavy atom. The van der Waals surface area contributed by atoms with E-state index in [9.17, 15) is 0 Å². The SMILES string of the molecule is Cc1ccc2cccc3c2c1-c1c(c2c(CC4CCCC4)coc2c[n+]1C)O3. The first kappa shape index (κ1) is 16.2. The Balaban J connectivity index is 1.66. The quantitative estimate of drug-likeness (QED) is 0.345. The van der Waals surface area contributed by atoms with Gasteiger partial charge in [-0.15, -0.1) is 0 Å². The van der Waals surface area contributed by atoms with Crippen molar-refractivity contribution in [1.29, 1.82) is 0 Å². The van der Waals surface area contributed by atoms with Gasteiger partial charge in [-0.2, -0.15) is 4.57 Å². The second kappa shape index (κ2) is 5.84. The fraction of sp³-hybridized carbons (Fsp3) is 0.320. The lowest BCUT2D eigenvalue weighted by molar-refractivity contribution is -0.659. The van der Waals surface area contributed by atoms with Crippen molar-refractivity contribution < 1.29 is 13.7 Å². The number of aromatic nitrogens is 1. The summed E-state index contributed by atoms with van der Waals surface area (Å²) in [4.78, 5) is 0. The van der Waals surface area contributed by atoms with Gasteiger partial charge in [0.2, 0.25) is 17.5 Å². The molecule has 0 radical (unpaired) electrons. The van der Waals surface area contributed by atoms with E-state index in [1.807, 2.05) is 6.26 Å². The summed E-state index contributed by atoms with van der Waals surface area (Å²) in [6.07, 6.45) is 10.5. The molecular formula is C25H24NO2+. The van der Waals surface area contributed by atoms with Gasteiger partial charge in [-0.25, -0.2) is 0 Å². The molecule has 6 rings (SSSR count). The van der Waals surface area contributed by atoms with Crippen LogP contribution in [-0.2, 0) is 13.5 Å². The number of hydrogen-bond donors (Lipinski definition) is 0. The van der Waals surface area contributed by atoms with Gasteiger partial charge in [0.1, 0.15) is 12.8 Å². The van der Waals surface area contributed by atoms with E-state index in [-0.39, 0.29) is 0 Å². The van der Waals surface area contributed by atoms with Gasteiger partial charge in [0, 0.05) is 10.9 Å². The summed E-state index contributed by atoms with van der Waals surface area (Å²) >= 11 is 0. The fourth-order valence-electron chi connectivity index (χ4n) is 5.30. The summed E-state index contributed by atoms with van der Waals surface area (Å²) in [5.41, 5.74) is 5.93. The molecule has 140 valence electrons. The highest BCUT2D eigenvalue weighted by Crippen LogP contribution is 2.49. The van der Waals surface area contributed by atoms with Crippen LogP contribution in [0.5, 0.6) is 11.5 Å². The summed E-state index contributed by atoms with van der Waals surface area (Å²) in [6.45, 7) is 2.19. The van der Waals surface area contributed by atoms with Crippen molar-refractivity contribution in [2.24, 2.45) is 13.0 Å². The first-order chi connectivity index (χ1) is 13.7. The highest BCUT2D eigenvalue weighted by atomic mass is 16.5. The van der Waals surface area contributed by atoms with Crippen molar-refractivity contribution in [3.8, 4) is 22.8 Å². The van der Waals surface area contributed by atoms with Gasteiger partial charge in [0.15, 0.2) is 0 Å². The molecule has 28 heavy (non-hydrogen) atoms. The van der Waals surface area contributed by atoms with Crippen molar-refractivity contribution in [1.82, 2.24) is 0 Å². The molecule has 1 aliphatic carbocycles. The Labute approximate surface area is 164 Å². The first-order valence-electron chi connectivity index (χ1n) is 10.3. The monoisotopic (exact) mass is 370 g/mol. The molecular weight excluding hydrogens is 346 g/mol. The van der Waals surface area contributed by atoms with E-state index in [1.165, 1.54) is 53.1 Å². The number of fused-ring (bicyclic) bond motifs is 4. The van der Waals surface area contributed by atoms with Crippen molar-refractivity contribution in [3.05, 3.63) is 53.9 Å². The van der Waals surface area contributed by atoms with Crippen LogP contribution >= 0.6 is 0 Å².